The first-order chi connectivity index (χ1) is 7.35. The van der Waals surface area contributed by atoms with E-state index in [0.29, 0.717) is 6.04 Å². The van der Waals surface area contributed by atoms with Gasteiger partial charge >= 0.3 is 0 Å². The van der Waals surface area contributed by atoms with E-state index in [1.165, 1.54) is 24.9 Å². The molecule has 1 unspecified atom stereocenters. The molecule has 82 valence electrons. The highest BCUT2D eigenvalue weighted by atomic mass is 15.3. The van der Waals surface area contributed by atoms with E-state index in [1.807, 2.05) is 6.07 Å². The highest BCUT2D eigenvalue weighted by Crippen LogP contribution is 2.27. The molecule has 1 saturated heterocycles. The summed E-state index contributed by atoms with van der Waals surface area (Å²) in [6, 6.07) is 4.74. The average Bonchev–Trinajstić information content (AvgIpc) is 2.77. The molecule has 15 heavy (non-hydrogen) atoms. The number of hydrogen-bond acceptors (Lipinski definition) is 4. The van der Waals surface area contributed by atoms with E-state index in [4.69, 9.17) is 5.84 Å². The third-order valence-electron chi connectivity index (χ3n) is 3.07. The highest BCUT2D eigenvalue weighted by molar-refractivity contribution is 5.54. The van der Waals surface area contributed by atoms with Crippen LogP contribution in [0.3, 0.4) is 0 Å². The zero-order valence-electron chi connectivity index (χ0n) is 9.11. The first-order valence-corrected chi connectivity index (χ1v) is 5.54. The predicted octanol–water partition coefficient (Wildman–Crippen LogP) is 1.75. The normalized spacial score (nSPS) is 20.7. The van der Waals surface area contributed by atoms with Crippen LogP contribution in [0.5, 0.6) is 0 Å². The van der Waals surface area contributed by atoms with E-state index >= 15 is 0 Å². The van der Waals surface area contributed by atoms with Gasteiger partial charge in [-0.05, 0) is 25.3 Å². The summed E-state index contributed by atoms with van der Waals surface area (Å²) in [6.07, 6.45) is 5.58. The molecule has 0 saturated carbocycles. The second-order valence-electron chi connectivity index (χ2n) is 3.94. The third-order valence-corrected chi connectivity index (χ3v) is 3.07. The molecule has 0 spiro atoms. The summed E-state index contributed by atoms with van der Waals surface area (Å²) in [7, 11) is 0. The summed E-state index contributed by atoms with van der Waals surface area (Å²) in [5.74, 6) is 6.08. The van der Waals surface area contributed by atoms with Gasteiger partial charge in [0.1, 0.15) is 5.82 Å². The Bertz CT molecular complexity index is 326. The Balaban J connectivity index is 2.20. The van der Waals surface area contributed by atoms with Gasteiger partial charge in [-0.2, -0.15) is 0 Å². The smallest absolute Gasteiger partial charge is 0.141 e. The molecule has 2 rings (SSSR count). The van der Waals surface area contributed by atoms with E-state index in [9.17, 15) is 0 Å². The van der Waals surface area contributed by atoms with Gasteiger partial charge in [-0.15, -0.1) is 0 Å². The Morgan fingerprint density at radius 2 is 2.53 bits per heavy atom. The van der Waals surface area contributed by atoms with Gasteiger partial charge in [-0.1, -0.05) is 6.92 Å². The lowest BCUT2D eigenvalue weighted by atomic mass is 10.1. The van der Waals surface area contributed by atoms with Crippen LogP contribution in [0, 0.1) is 0 Å². The van der Waals surface area contributed by atoms with Crippen molar-refractivity contribution in [3.8, 4) is 0 Å². The Morgan fingerprint density at radius 3 is 3.27 bits per heavy atom. The molecule has 1 aromatic heterocycles. The second-order valence-corrected chi connectivity index (χ2v) is 3.94. The van der Waals surface area contributed by atoms with E-state index in [-0.39, 0.29) is 0 Å². The minimum atomic E-state index is 0.679. The summed E-state index contributed by atoms with van der Waals surface area (Å²) in [5, 5.41) is 0. The number of nitrogens with one attached hydrogen (secondary N) is 1. The molecule has 0 bridgehead atoms. The molecule has 1 fully saturated rings. The second kappa shape index (κ2) is 4.49. The molecule has 1 aliphatic heterocycles. The number of nitrogens with two attached hydrogens (primary N) is 1. The highest BCUT2D eigenvalue weighted by Gasteiger charge is 2.22. The molecule has 0 aromatic carbocycles. The SMILES string of the molecule is CCC1CCCN1c1ccnc(NN)c1. The molecule has 1 aromatic rings. The van der Waals surface area contributed by atoms with Crippen LogP contribution >= 0.6 is 0 Å². The molecule has 3 N–H and O–H groups in total. The fourth-order valence-electron chi connectivity index (χ4n) is 2.28. The van der Waals surface area contributed by atoms with Gasteiger partial charge in [-0.25, -0.2) is 10.8 Å². The van der Waals surface area contributed by atoms with Crippen LogP contribution in [0.2, 0.25) is 0 Å². The van der Waals surface area contributed by atoms with Crippen molar-refractivity contribution >= 4 is 11.5 Å². The van der Waals surface area contributed by atoms with Crippen molar-refractivity contribution in [3.05, 3.63) is 18.3 Å². The third kappa shape index (κ3) is 2.04. The molecular weight excluding hydrogens is 188 g/mol. The average molecular weight is 206 g/mol. The van der Waals surface area contributed by atoms with Crippen LogP contribution in [0.4, 0.5) is 11.5 Å². The number of hydrazine groups is 1. The summed E-state index contributed by atoms with van der Waals surface area (Å²) in [4.78, 5) is 6.56. The number of rotatable bonds is 3. The van der Waals surface area contributed by atoms with Gasteiger partial charge in [0, 0.05) is 30.5 Å². The topological polar surface area (TPSA) is 54.2 Å². The fourth-order valence-corrected chi connectivity index (χ4v) is 2.28. The first kappa shape index (κ1) is 10.2. The number of nitrogen functional groups attached to an aromatic ring is 1. The van der Waals surface area contributed by atoms with Gasteiger partial charge < -0.3 is 10.3 Å². The van der Waals surface area contributed by atoms with E-state index in [1.54, 1.807) is 6.20 Å². The first-order valence-electron chi connectivity index (χ1n) is 5.54. The Kier molecular flexibility index (Phi) is 3.06. The lowest BCUT2D eigenvalue weighted by Gasteiger charge is -2.26. The van der Waals surface area contributed by atoms with Gasteiger partial charge in [0.05, 0.1) is 0 Å². The van der Waals surface area contributed by atoms with Crippen molar-refractivity contribution in [2.24, 2.45) is 5.84 Å². The van der Waals surface area contributed by atoms with E-state index < -0.39 is 0 Å². The molecule has 0 radical (unpaired) electrons. The standard InChI is InChI=1S/C11H18N4/c1-2-9-4-3-7-15(9)10-5-6-13-11(8-10)14-12/h5-6,8-9H,2-4,7,12H2,1H3,(H,13,14). The molecule has 4 nitrogen and oxygen atoms in total. The Hall–Kier alpha value is -1.29. The lowest BCUT2D eigenvalue weighted by molar-refractivity contribution is 0.645. The zero-order valence-corrected chi connectivity index (χ0v) is 9.11. The minimum absolute atomic E-state index is 0.679. The molecule has 4 heteroatoms. The number of anilines is 2. The quantitative estimate of drug-likeness (QED) is 0.584. The van der Waals surface area contributed by atoms with Crippen molar-refractivity contribution in [2.45, 2.75) is 32.2 Å². The molecule has 2 heterocycles. The maximum Gasteiger partial charge on any atom is 0.141 e. The van der Waals surface area contributed by atoms with Crippen LogP contribution in [0.15, 0.2) is 18.3 Å². The monoisotopic (exact) mass is 206 g/mol. The van der Waals surface area contributed by atoms with E-state index in [2.05, 4.69) is 28.3 Å². The van der Waals surface area contributed by atoms with Crippen molar-refractivity contribution < 1.29 is 0 Å². The number of nitrogens with zero attached hydrogens (tertiary/aromatic N) is 2. The van der Waals surface area contributed by atoms with Crippen molar-refractivity contribution in [2.75, 3.05) is 16.9 Å². The molecule has 1 aliphatic rings. The lowest BCUT2D eigenvalue weighted by Crippen LogP contribution is -2.28. The summed E-state index contributed by atoms with van der Waals surface area (Å²) in [6.45, 7) is 3.39. The summed E-state index contributed by atoms with van der Waals surface area (Å²) >= 11 is 0. The molecular formula is C11H18N4. The van der Waals surface area contributed by atoms with Crippen molar-refractivity contribution in [3.63, 3.8) is 0 Å². The zero-order chi connectivity index (χ0) is 10.7. The largest absolute Gasteiger partial charge is 0.368 e. The van der Waals surface area contributed by atoms with Crippen molar-refractivity contribution in [1.29, 1.82) is 0 Å². The maximum absolute atomic E-state index is 5.35. The van der Waals surface area contributed by atoms with Crippen LogP contribution in [0.25, 0.3) is 0 Å². The van der Waals surface area contributed by atoms with Crippen LogP contribution < -0.4 is 16.2 Å². The fraction of sp³-hybridized carbons (Fsp3) is 0.545. The van der Waals surface area contributed by atoms with Gasteiger partial charge in [0.2, 0.25) is 0 Å². The molecule has 0 amide bonds. The Labute approximate surface area is 90.5 Å². The van der Waals surface area contributed by atoms with Crippen LogP contribution in [-0.2, 0) is 0 Å². The summed E-state index contributed by atoms with van der Waals surface area (Å²) < 4.78 is 0. The number of hydrogen-bond donors (Lipinski definition) is 2. The van der Waals surface area contributed by atoms with Crippen LogP contribution in [-0.4, -0.2) is 17.6 Å². The molecule has 1 atom stereocenters. The molecule has 0 aliphatic carbocycles. The minimum Gasteiger partial charge on any atom is -0.368 e. The predicted molar refractivity (Wildman–Crippen MR) is 62.7 cm³/mol. The maximum atomic E-state index is 5.35. The Morgan fingerprint density at radius 1 is 1.67 bits per heavy atom. The summed E-state index contributed by atoms with van der Waals surface area (Å²) in [5.41, 5.74) is 3.81. The van der Waals surface area contributed by atoms with Gasteiger partial charge in [-0.3, -0.25) is 0 Å². The number of pyridine rings is 1. The van der Waals surface area contributed by atoms with Gasteiger partial charge in [0.15, 0.2) is 0 Å². The van der Waals surface area contributed by atoms with E-state index in [0.717, 1.165) is 12.4 Å². The van der Waals surface area contributed by atoms with Crippen molar-refractivity contribution in [1.82, 2.24) is 4.98 Å². The van der Waals surface area contributed by atoms with Gasteiger partial charge in [0.25, 0.3) is 0 Å². The van der Waals surface area contributed by atoms with Crippen LogP contribution in [0.1, 0.15) is 26.2 Å². The number of aromatic nitrogens is 1.